The summed E-state index contributed by atoms with van der Waals surface area (Å²) >= 11 is 6.12. The molecule has 7 nitrogen and oxygen atoms in total. The van der Waals surface area contributed by atoms with Crippen molar-refractivity contribution in [1.82, 2.24) is 15.5 Å². The van der Waals surface area contributed by atoms with Gasteiger partial charge >= 0.3 is 6.03 Å². The second kappa shape index (κ2) is 8.90. The number of ether oxygens (including phenoxy) is 1. The normalized spacial score (nSPS) is 14.5. The number of carbonyl (C=O) groups is 1. The number of nitrogens with one attached hydrogen (secondary N) is 3. The first-order chi connectivity index (χ1) is 13.0. The van der Waals surface area contributed by atoms with Crippen molar-refractivity contribution in [1.29, 1.82) is 0 Å². The number of methoxy groups -OCH3 is 1. The Kier molecular flexibility index (Phi) is 6.34. The molecular formula is C19H24ClN5O2. The van der Waals surface area contributed by atoms with Crippen molar-refractivity contribution in [2.24, 2.45) is 0 Å². The van der Waals surface area contributed by atoms with E-state index in [1.54, 1.807) is 25.3 Å². The topological polar surface area (TPSA) is 88.2 Å². The molecule has 1 saturated carbocycles. The molecule has 2 amide bonds. The third-order valence-electron chi connectivity index (χ3n) is 4.59. The molecule has 0 saturated heterocycles. The molecule has 1 fully saturated rings. The predicted molar refractivity (Wildman–Crippen MR) is 107 cm³/mol. The number of anilines is 3. The van der Waals surface area contributed by atoms with Gasteiger partial charge in [-0.25, -0.2) is 4.79 Å². The third-order valence-corrected chi connectivity index (χ3v) is 5.00. The van der Waals surface area contributed by atoms with Gasteiger partial charge in [0.2, 0.25) is 0 Å². The Hall–Kier alpha value is -2.54. The maximum Gasteiger partial charge on any atom is 0.320 e. The fraction of sp³-hybridized carbons (Fsp3) is 0.421. The van der Waals surface area contributed by atoms with Gasteiger partial charge in [-0.3, -0.25) is 5.32 Å². The van der Waals surface area contributed by atoms with E-state index in [0.717, 1.165) is 24.1 Å². The molecule has 1 aromatic carbocycles. The van der Waals surface area contributed by atoms with Gasteiger partial charge in [-0.1, -0.05) is 30.9 Å². The minimum absolute atomic E-state index is 0.244. The number of urea groups is 1. The Balaban J connectivity index is 1.60. The molecule has 1 heterocycles. The van der Waals surface area contributed by atoms with E-state index < -0.39 is 0 Å². The highest BCUT2D eigenvalue weighted by Gasteiger charge is 2.16. The van der Waals surface area contributed by atoms with Crippen molar-refractivity contribution in [2.45, 2.75) is 45.1 Å². The van der Waals surface area contributed by atoms with Crippen LogP contribution in [0.5, 0.6) is 5.75 Å². The van der Waals surface area contributed by atoms with E-state index in [2.05, 4.69) is 26.1 Å². The molecule has 1 aliphatic carbocycles. The highest BCUT2D eigenvalue weighted by molar-refractivity contribution is 6.31. The zero-order valence-corrected chi connectivity index (χ0v) is 16.3. The van der Waals surface area contributed by atoms with Gasteiger partial charge in [0.05, 0.1) is 12.8 Å². The van der Waals surface area contributed by atoms with E-state index in [9.17, 15) is 4.79 Å². The molecule has 0 atom stereocenters. The van der Waals surface area contributed by atoms with Crippen LogP contribution in [-0.2, 0) is 0 Å². The molecule has 1 aromatic heterocycles. The van der Waals surface area contributed by atoms with Crippen molar-refractivity contribution < 1.29 is 9.53 Å². The van der Waals surface area contributed by atoms with Crippen LogP contribution < -0.4 is 20.7 Å². The zero-order valence-electron chi connectivity index (χ0n) is 15.5. The summed E-state index contributed by atoms with van der Waals surface area (Å²) in [6, 6.07) is 7.07. The van der Waals surface area contributed by atoms with Gasteiger partial charge in [0.15, 0.2) is 11.6 Å². The summed E-state index contributed by atoms with van der Waals surface area (Å²) in [5, 5.41) is 17.7. The first-order valence-electron chi connectivity index (χ1n) is 9.07. The minimum atomic E-state index is -0.244. The third kappa shape index (κ3) is 5.23. The van der Waals surface area contributed by atoms with Crippen LogP contribution in [0, 0.1) is 6.92 Å². The highest BCUT2D eigenvalue weighted by Crippen LogP contribution is 2.32. The Morgan fingerprint density at radius 1 is 1.15 bits per heavy atom. The van der Waals surface area contributed by atoms with Crippen molar-refractivity contribution in [3.8, 4) is 5.75 Å². The standard InChI is InChI=1S/C19H24ClN5O2/c1-12-10-15(16(27-2)11-14(12)20)22-17-8-9-18(25-24-17)23-19(26)21-13-6-4-3-5-7-13/h8-11,13H,3-7H2,1-2H3,(H,22,24)(H2,21,23,25,26). The maximum atomic E-state index is 12.1. The van der Waals surface area contributed by atoms with Crippen molar-refractivity contribution >= 4 is 35.0 Å². The van der Waals surface area contributed by atoms with Crippen LogP contribution in [-0.4, -0.2) is 29.4 Å². The lowest BCUT2D eigenvalue weighted by atomic mass is 9.96. The number of hydrogen-bond acceptors (Lipinski definition) is 5. The number of halogens is 1. The number of amides is 2. The molecule has 8 heteroatoms. The number of rotatable bonds is 5. The summed E-state index contributed by atoms with van der Waals surface area (Å²) < 4.78 is 5.34. The van der Waals surface area contributed by atoms with Gasteiger partial charge in [0.25, 0.3) is 0 Å². The number of nitrogens with zero attached hydrogens (tertiary/aromatic N) is 2. The summed E-state index contributed by atoms with van der Waals surface area (Å²) in [5.74, 6) is 1.54. The van der Waals surface area contributed by atoms with Crippen LogP contribution in [0.2, 0.25) is 5.02 Å². The fourth-order valence-electron chi connectivity index (χ4n) is 3.12. The lowest BCUT2D eigenvalue weighted by molar-refractivity contribution is 0.244. The summed E-state index contributed by atoms with van der Waals surface area (Å²) in [5.41, 5.74) is 1.66. The predicted octanol–water partition coefficient (Wildman–Crippen LogP) is 4.64. The summed E-state index contributed by atoms with van der Waals surface area (Å²) in [6.07, 6.45) is 5.64. The molecule has 1 aliphatic rings. The van der Waals surface area contributed by atoms with Gasteiger partial charge in [-0.2, -0.15) is 0 Å². The molecule has 144 valence electrons. The molecule has 2 aromatic rings. The minimum Gasteiger partial charge on any atom is -0.495 e. The van der Waals surface area contributed by atoms with Gasteiger partial charge < -0.3 is 15.4 Å². The number of aromatic nitrogens is 2. The molecule has 3 rings (SSSR count). The average molecular weight is 390 g/mol. The van der Waals surface area contributed by atoms with Crippen LogP contribution in [0.1, 0.15) is 37.7 Å². The van der Waals surface area contributed by atoms with Crippen molar-refractivity contribution in [3.05, 3.63) is 34.9 Å². The van der Waals surface area contributed by atoms with Crippen LogP contribution in [0.15, 0.2) is 24.3 Å². The maximum absolute atomic E-state index is 12.1. The van der Waals surface area contributed by atoms with Crippen LogP contribution in [0.3, 0.4) is 0 Å². The summed E-state index contributed by atoms with van der Waals surface area (Å²) in [6.45, 7) is 1.91. The van der Waals surface area contributed by atoms with Gasteiger partial charge in [0, 0.05) is 17.1 Å². The van der Waals surface area contributed by atoms with Crippen molar-refractivity contribution in [2.75, 3.05) is 17.7 Å². The van der Waals surface area contributed by atoms with Gasteiger partial charge in [0.1, 0.15) is 5.75 Å². The lowest BCUT2D eigenvalue weighted by Gasteiger charge is -2.22. The van der Waals surface area contributed by atoms with Crippen molar-refractivity contribution in [3.63, 3.8) is 0 Å². The largest absolute Gasteiger partial charge is 0.495 e. The monoisotopic (exact) mass is 389 g/mol. The molecule has 27 heavy (non-hydrogen) atoms. The van der Waals surface area contributed by atoms with Crippen LogP contribution in [0.4, 0.5) is 22.1 Å². The molecular weight excluding hydrogens is 366 g/mol. The van der Waals surface area contributed by atoms with E-state index in [1.165, 1.54) is 19.3 Å². The fourth-order valence-corrected chi connectivity index (χ4v) is 3.27. The van der Waals surface area contributed by atoms with E-state index in [0.29, 0.717) is 22.4 Å². The first kappa shape index (κ1) is 19.2. The second-order valence-corrected chi connectivity index (χ2v) is 7.07. The van der Waals surface area contributed by atoms with E-state index >= 15 is 0 Å². The average Bonchev–Trinajstić information content (AvgIpc) is 2.67. The number of hydrogen-bond donors (Lipinski definition) is 3. The Morgan fingerprint density at radius 3 is 2.52 bits per heavy atom. The SMILES string of the molecule is COc1cc(Cl)c(C)cc1Nc1ccc(NC(=O)NC2CCCCC2)nn1. The number of aryl methyl sites for hydroxylation is 1. The Bertz CT molecular complexity index is 791. The zero-order chi connectivity index (χ0) is 19.2. The Morgan fingerprint density at radius 2 is 1.85 bits per heavy atom. The molecule has 0 unspecified atom stereocenters. The summed E-state index contributed by atoms with van der Waals surface area (Å²) in [7, 11) is 1.58. The number of benzene rings is 1. The highest BCUT2D eigenvalue weighted by atomic mass is 35.5. The molecule has 0 aliphatic heterocycles. The van der Waals surface area contributed by atoms with E-state index in [-0.39, 0.29) is 12.1 Å². The van der Waals surface area contributed by atoms with Crippen LogP contribution >= 0.6 is 11.6 Å². The van der Waals surface area contributed by atoms with Gasteiger partial charge in [-0.05, 0) is 43.5 Å². The molecule has 0 radical (unpaired) electrons. The number of carbonyl (C=O) groups excluding carboxylic acids is 1. The first-order valence-corrected chi connectivity index (χ1v) is 9.45. The smallest absolute Gasteiger partial charge is 0.320 e. The molecule has 0 bridgehead atoms. The second-order valence-electron chi connectivity index (χ2n) is 6.66. The van der Waals surface area contributed by atoms with E-state index in [1.807, 2.05) is 13.0 Å². The molecule has 0 spiro atoms. The Labute approximate surface area is 163 Å². The summed E-state index contributed by atoms with van der Waals surface area (Å²) in [4.78, 5) is 12.1. The van der Waals surface area contributed by atoms with Crippen LogP contribution in [0.25, 0.3) is 0 Å². The van der Waals surface area contributed by atoms with E-state index in [4.69, 9.17) is 16.3 Å². The quantitative estimate of drug-likeness (QED) is 0.693. The lowest BCUT2D eigenvalue weighted by Crippen LogP contribution is -2.39. The van der Waals surface area contributed by atoms with Gasteiger partial charge in [-0.15, -0.1) is 10.2 Å². The molecule has 3 N–H and O–H groups in total.